The molecule has 1 aromatic heterocycles. The van der Waals surface area contributed by atoms with E-state index < -0.39 is 34.6 Å². The standard InChI is InChI=1S/C69H57F6N3/c1-64-29-9-11-31-66(64,3)77(48-20-13-18-46(37-48)68(70,71)72)60-27-25-43(35-58(60)64)62-51-23-7-8-24-52(51)63(57-40-55-53(45-17-15-33-76-41-45)34-42-16-5-6-22-50(42)54(55)39-56(57)62)44-26-28-61-59(36-44)65(2)30-10-12-32-67(65,4)78(61)49-21-14-19-47(38-49)69(73,74)75/h5-8,13-28,33-41H,9-12,29-32H2,1-4H3. The minimum atomic E-state index is -4.48. The Morgan fingerprint density at radius 1 is 0.410 bits per heavy atom. The number of aromatic nitrogens is 1. The fourth-order valence-electron chi connectivity index (χ4n) is 15.4. The molecule has 2 saturated carbocycles. The van der Waals surface area contributed by atoms with Crippen LogP contribution in [0.1, 0.15) is 101 Å². The molecule has 2 aliphatic heterocycles. The summed E-state index contributed by atoms with van der Waals surface area (Å²) in [6, 6.07) is 53.3. The van der Waals surface area contributed by atoms with Gasteiger partial charge in [-0.1, -0.05) is 118 Å². The summed E-state index contributed by atoms with van der Waals surface area (Å²) in [6.45, 7) is 9.13. The van der Waals surface area contributed by atoms with Crippen LogP contribution in [0.5, 0.6) is 0 Å². The van der Waals surface area contributed by atoms with Crippen LogP contribution in [-0.4, -0.2) is 16.1 Å². The second-order valence-corrected chi connectivity index (χ2v) is 23.5. The highest BCUT2D eigenvalue weighted by molar-refractivity contribution is 6.27. The molecule has 4 atom stereocenters. The highest BCUT2D eigenvalue weighted by atomic mass is 19.4. The molecule has 0 amide bonds. The number of anilines is 4. The van der Waals surface area contributed by atoms with Crippen molar-refractivity contribution in [2.75, 3.05) is 9.80 Å². The Kier molecular flexibility index (Phi) is 10.6. The van der Waals surface area contributed by atoms with Crippen LogP contribution in [0, 0.1) is 0 Å². The summed E-state index contributed by atoms with van der Waals surface area (Å²) in [4.78, 5) is 9.00. The molecule has 9 aromatic carbocycles. The predicted octanol–water partition coefficient (Wildman–Crippen LogP) is 20.2. The number of hydrogen-bond donors (Lipinski definition) is 0. The van der Waals surface area contributed by atoms with Gasteiger partial charge in [-0.2, -0.15) is 26.3 Å². The van der Waals surface area contributed by atoms with Gasteiger partial charge in [0.2, 0.25) is 0 Å². The van der Waals surface area contributed by atoms with Crippen LogP contribution >= 0.6 is 0 Å². The predicted molar refractivity (Wildman–Crippen MR) is 306 cm³/mol. The van der Waals surface area contributed by atoms with Crippen LogP contribution < -0.4 is 9.80 Å². The Bertz CT molecular complexity index is 4130. The van der Waals surface area contributed by atoms with Gasteiger partial charge in [-0.15, -0.1) is 0 Å². The summed E-state index contributed by atoms with van der Waals surface area (Å²) in [5.74, 6) is 0. The lowest BCUT2D eigenvalue weighted by molar-refractivity contribution is -0.138. The zero-order chi connectivity index (χ0) is 53.7. The maximum atomic E-state index is 14.4. The first-order chi connectivity index (χ1) is 37.4. The summed E-state index contributed by atoms with van der Waals surface area (Å²) in [7, 11) is 0. The van der Waals surface area contributed by atoms with Crippen molar-refractivity contribution in [3.8, 4) is 33.4 Å². The Balaban J connectivity index is 1.06. The lowest BCUT2D eigenvalue weighted by atomic mass is 9.61. The van der Waals surface area contributed by atoms with Crippen LogP contribution in [0.25, 0.3) is 76.5 Å². The first-order valence-corrected chi connectivity index (χ1v) is 27.4. The van der Waals surface area contributed by atoms with Crippen molar-refractivity contribution < 1.29 is 26.3 Å². The molecule has 3 nitrogen and oxygen atoms in total. The SMILES string of the molecule is CC12CCCCC1(C)N(c1cccc(C(F)(F)F)c1)c1ccc(-c3c4ccccc4c(-c4ccc5c(c4)C4(C)CCCCC4(C)N5c4cccc(C(F)(F)F)c4)c4cc5c(cc34)c(-c3cccnc3)cc3ccccc35)cc12. The second kappa shape index (κ2) is 16.9. The molecule has 4 aliphatic rings. The van der Waals surface area contributed by atoms with Crippen molar-refractivity contribution >= 4 is 65.8 Å². The summed E-state index contributed by atoms with van der Waals surface area (Å²) in [5, 5.41) is 8.65. The minimum Gasteiger partial charge on any atom is -0.334 e. The average Bonchev–Trinajstić information content (AvgIpc) is 2.77. The molecule has 0 bridgehead atoms. The van der Waals surface area contributed by atoms with Crippen molar-refractivity contribution in [2.45, 2.75) is 113 Å². The van der Waals surface area contributed by atoms with Gasteiger partial charge in [0.05, 0.1) is 22.2 Å². The number of halogens is 6. The lowest BCUT2D eigenvalue weighted by Gasteiger charge is -2.50. The van der Waals surface area contributed by atoms with Gasteiger partial charge < -0.3 is 9.80 Å². The number of nitrogens with zero attached hydrogens (tertiary/aromatic N) is 3. The monoisotopic (exact) mass is 1040 g/mol. The third kappa shape index (κ3) is 6.88. The van der Waals surface area contributed by atoms with Crippen molar-refractivity contribution in [3.63, 3.8) is 0 Å². The molecule has 4 unspecified atom stereocenters. The van der Waals surface area contributed by atoms with Crippen molar-refractivity contribution in [3.05, 3.63) is 198 Å². The smallest absolute Gasteiger partial charge is 0.334 e. The van der Waals surface area contributed by atoms with E-state index in [9.17, 15) is 26.3 Å². The molecule has 2 fully saturated rings. The zero-order valence-corrected chi connectivity index (χ0v) is 44.0. The molecule has 3 heterocycles. The number of pyridine rings is 1. The molecule has 2 aliphatic carbocycles. The maximum Gasteiger partial charge on any atom is 0.416 e. The normalized spacial score (nSPS) is 23.0. The second-order valence-electron chi connectivity index (χ2n) is 23.5. The van der Waals surface area contributed by atoms with Gasteiger partial charge in [0.25, 0.3) is 0 Å². The van der Waals surface area contributed by atoms with Crippen LogP contribution in [0.15, 0.2) is 176 Å². The van der Waals surface area contributed by atoms with E-state index in [-0.39, 0.29) is 10.8 Å². The quantitative estimate of drug-likeness (QED) is 0.0973. The molecule has 78 heavy (non-hydrogen) atoms. The van der Waals surface area contributed by atoms with Crippen molar-refractivity contribution in [1.82, 2.24) is 4.98 Å². The van der Waals surface area contributed by atoms with Crippen molar-refractivity contribution in [1.29, 1.82) is 0 Å². The molecule has 10 aromatic rings. The fraction of sp³-hybridized carbons (Fsp3) is 0.261. The van der Waals surface area contributed by atoms with Gasteiger partial charge in [-0.05, 0) is 206 Å². The van der Waals surface area contributed by atoms with E-state index in [0.29, 0.717) is 11.4 Å². The number of benzene rings is 9. The van der Waals surface area contributed by atoms with Crippen LogP contribution in [0.4, 0.5) is 49.1 Å². The molecule has 0 N–H and O–H groups in total. The summed E-state index contributed by atoms with van der Waals surface area (Å²) in [6.07, 6.45) is 2.19. The van der Waals surface area contributed by atoms with E-state index in [1.807, 2.05) is 24.4 Å². The van der Waals surface area contributed by atoms with Gasteiger partial charge in [-0.3, -0.25) is 4.98 Å². The van der Waals surface area contributed by atoms with E-state index in [1.165, 1.54) is 24.3 Å². The molecule has 9 heteroatoms. The number of hydrogen-bond acceptors (Lipinski definition) is 3. The summed E-state index contributed by atoms with van der Waals surface area (Å²) in [5.41, 5.74) is 8.45. The summed E-state index contributed by atoms with van der Waals surface area (Å²) >= 11 is 0. The number of rotatable bonds is 5. The number of alkyl halides is 6. The van der Waals surface area contributed by atoms with E-state index >= 15 is 0 Å². The van der Waals surface area contributed by atoms with E-state index in [1.54, 1.807) is 6.20 Å². The molecular formula is C69H57F6N3. The van der Waals surface area contributed by atoms with E-state index in [0.717, 1.165) is 162 Å². The highest BCUT2D eigenvalue weighted by Gasteiger charge is 2.59. The Morgan fingerprint density at radius 2 is 0.897 bits per heavy atom. The Labute approximate surface area is 450 Å². The average molecular weight is 1040 g/mol. The van der Waals surface area contributed by atoms with Crippen molar-refractivity contribution in [2.24, 2.45) is 0 Å². The topological polar surface area (TPSA) is 19.4 Å². The van der Waals surface area contributed by atoms with Crippen LogP contribution in [0.3, 0.4) is 0 Å². The zero-order valence-electron chi connectivity index (χ0n) is 44.0. The first-order valence-electron chi connectivity index (χ1n) is 27.4. The fourth-order valence-corrected chi connectivity index (χ4v) is 15.4. The molecule has 0 saturated heterocycles. The third-order valence-electron chi connectivity index (χ3n) is 19.6. The van der Waals surface area contributed by atoms with Gasteiger partial charge in [0.15, 0.2) is 0 Å². The lowest BCUT2D eigenvalue weighted by Crippen LogP contribution is -2.54. The van der Waals surface area contributed by atoms with Crippen LogP contribution in [0.2, 0.25) is 0 Å². The first kappa shape index (κ1) is 48.7. The maximum absolute atomic E-state index is 14.4. The molecular weight excluding hydrogens is 985 g/mol. The molecule has 0 radical (unpaired) electrons. The van der Waals surface area contributed by atoms with Gasteiger partial charge in [-0.25, -0.2) is 0 Å². The van der Waals surface area contributed by atoms with E-state index in [2.05, 4.69) is 152 Å². The third-order valence-corrected chi connectivity index (χ3v) is 19.6. The number of fused-ring (bicyclic) bond motifs is 11. The highest BCUT2D eigenvalue weighted by Crippen LogP contribution is 2.64. The van der Waals surface area contributed by atoms with Crippen LogP contribution in [-0.2, 0) is 23.2 Å². The minimum absolute atomic E-state index is 0.381. The van der Waals surface area contributed by atoms with Gasteiger partial charge in [0, 0.05) is 51.5 Å². The molecule has 390 valence electrons. The molecule has 14 rings (SSSR count). The molecule has 0 spiro atoms. The Morgan fingerprint density at radius 3 is 1.40 bits per heavy atom. The summed E-state index contributed by atoms with van der Waals surface area (Å²) < 4.78 is 86.4. The van der Waals surface area contributed by atoms with E-state index in [4.69, 9.17) is 0 Å². The van der Waals surface area contributed by atoms with Gasteiger partial charge >= 0.3 is 12.4 Å². The largest absolute Gasteiger partial charge is 0.416 e. The Hall–Kier alpha value is -7.65. The van der Waals surface area contributed by atoms with Gasteiger partial charge in [0.1, 0.15) is 0 Å².